The van der Waals surface area contributed by atoms with Crippen molar-refractivity contribution in [3.8, 4) is 5.75 Å². The van der Waals surface area contributed by atoms with Crippen molar-refractivity contribution in [1.29, 1.82) is 0 Å². The van der Waals surface area contributed by atoms with Gasteiger partial charge in [0.25, 0.3) is 5.91 Å². The molecular formula is C17H19BrN4O2S. The largest absolute Gasteiger partial charge is 0.496 e. The molecule has 2 rings (SSSR count). The molecule has 0 fully saturated rings. The van der Waals surface area contributed by atoms with E-state index in [1.54, 1.807) is 20.2 Å². The second kappa shape index (κ2) is 8.96. The Labute approximate surface area is 159 Å². The van der Waals surface area contributed by atoms with Gasteiger partial charge in [0.1, 0.15) is 5.75 Å². The van der Waals surface area contributed by atoms with Gasteiger partial charge in [0.15, 0.2) is 5.16 Å². The predicted octanol–water partition coefficient (Wildman–Crippen LogP) is 3.50. The number of halogens is 1. The highest BCUT2D eigenvalue weighted by Gasteiger charge is 2.16. The first-order chi connectivity index (χ1) is 11.9. The van der Waals surface area contributed by atoms with Crippen LogP contribution < -0.4 is 10.2 Å². The van der Waals surface area contributed by atoms with Gasteiger partial charge in [-0.15, -0.1) is 0 Å². The number of amides is 1. The lowest BCUT2D eigenvalue weighted by Gasteiger charge is -2.09. The average Bonchev–Trinajstić information content (AvgIpc) is 2.54. The molecule has 1 unspecified atom stereocenters. The molecule has 0 aliphatic heterocycles. The molecule has 1 N–H and O–H groups in total. The van der Waals surface area contributed by atoms with E-state index < -0.39 is 0 Å². The number of nitrogens with zero attached hydrogens (tertiary/aromatic N) is 3. The SMILES string of the molecule is COc1ccc(Br)cc1C=NNC(=O)C(C)Sc1nc(C)cc(C)n1. The van der Waals surface area contributed by atoms with Gasteiger partial charge in [-0.1, -0.05) is 27.7 Å². The Hall–Kier alpha value is -1.93. The molecule has 1 aromatic carbocycles. The first-order valence-corrected chi connectivity index (χ1v) is 9.21. The minimum absolute atomic E-state index is 0.224. The standard InChI is InChI=1S/C17H19BrN4O2S/c1-10-7-11(2)21-17(20-10)25-12(3)16(23)22-19-9-13-8-14(18)5-6-15(13)24-4/h5-9,12H,1-4H3,(H,22,23). The fraction of sp³-hybridized carbons (Fsp3) is 0.294. The molecular weight excluding hydrogens is 404 g/mol. The number of nitrogens with one attached hydrogen (secondary N) is 1. The number of rotatable bonds is 6. The number of thioether (sulfide) groups is 1. The van der Waals surface area contributed by atoms with Crippen molar-refractivity contribution >= 4 is 39.8 Å². The van der Waals surface area contributed by atoms with Gasteiger partial charge in [0.2, 0.25) is 0 Å². The van der Waals surface area contributed by atoms with Gasteiger partial charge in [0.05, 0.1) is 18.6 Å². The van der Waals surface area contributed by atoms with Crippen molar-refractivity contribution in [3.05, 3.63) is 45.7 Å². The highest BCUT2D eigenvalue weighted by molar-refractivity contribution is 9.10. The molecule has 0 saturated carbocycles. The van der Waals surface area contributed by atoms with E-state index in [0.717, 1.165) is 21.4 Å². The maximum absolute atomic E-state index is 12.2. The minimum Gasteiger partial charge on any atom is -0.496 e. The molecule has 2 aromatic rings. The van der Waals surface area contributed by atoms with Crippen LogP contribution in [0.2, 0.25) is 0 Å². The Morgan fingerprint density at radius 2 is 2.00 bits per heavy atom. The molecule has 0 saturated heterocycles. The van der Waals surface area contributed by atoms with Crippen molar-refractivity contribution in [1.82, 2.24) is 15.4 Å². The highest BCUT2D eigenvalue weighted by Crippen LogP contribution is 2.22. The van der Waals surface area contributed by atoms with Crippen molar-refractivity contribution in [2.24, 2.45) is 5.10 Å². The van der Waals surface area contributed by atoms with Crippen LogP contribution in [0.15, 0.2) is 39.0 Å². The van der Waals surface area contributed by atoms with Crippen molar-refractivity contribution in [2.45, 2.75) is 31.2 Å². The van der Waals surface area contributed by atoms with Gasteiger partial charge in [-0.2, -0.15) is 5.10 Å². The maximum Gasteiger partial charge on any atom is 0.253 e. The van der Waals surface area contributed by atoms with E-state index in [4.69, 9.17) is 4.74 Å². The number of aryl methyl sites for hydroxylation is 2. The molecule has 0 bridgehead atoms. The molecule has 8 heteroatoms. The summed E-state index contributed by atoms with van der Waals surface area (Å²) in [5, 5.41) is 4.22. The number of hydrogen-bond acceptors (Lipinski definition) is 6. The molecule has 0 aliphatic rings. The summed E-state index contributed by atoms with van der Waals surface area (Å²) in [4.78, 5) is 20.8. The smallest absolute Gasteiger partial charge is 0.253 e. The lowest BCUT2D eigenvalue weighted by Crippen LogP contribution is -2.27. The van der Waals surface area contributed by atoms with Crippen LogP contribution in [-0.2, 0) is 4.79 Å². The monoisotopic (exact) mass is 422 g/mol. The Morgan fingerprint density at radius 1 is 1.32 bits per heavy atom. The summed E-state index contributed by atoms with van der Waals surface area (Å²) in [6, 6.07) is 7.45. The Balaban J connectivity index is 1.98. The van der Waals surface area contributed by atoms with Gasteiger partial charge in [-0.25, -0.2) is 15.4 Å². The van der Waals surface area contributed by atoms with E-state index in [1.165, 1.54) is 11.8 Å². The summed E-state index contributed by atoms with van der Waals surface area (Å²) in [6.45, 7) is 5.59. The second-order valence-corrected chi connectivity index (χ2v) is 7.54. The van der Waals surface area contributed by atoms with E-state index in [1.807, 2.05) is 38.1 Å². The summed E-state index contributed by atoms with van der Waals surface area (Å²) in [6.07, 6.45) is 1.55. The first kappa shape index (κ1) is 19.4. The summed E-state index contributed by atoms with van der Waals surface area (Å²) < 4.78 is 6.16. The number of hydrazone groups is 1. The number of methoxy groups -OCH3 is 1. The van der Waals surface area contributed by atoms with E-state index in [2.05, 4.69) is 36.4 Å². The predicted molar refractivity (Wildman–Crippen MR) is 103 cm³/mol. The minimum atomic E-state index is -0.372. The number of hydrogen-bond donors (Lipinski definition) is 1. The molecule has 0 aliphatic carbocycles. The molecule has 0 radical (unpaired) electrons. The van der Waals surface area contributed by atoms with Crippen LogP contribution in [0.25, 0.3) is 0 Å². The first-order valence-electron chi connectivity index (χ1n) is 7.54. The summed E-state index contributed by atoms with van der Waals surface area (Å²) >= 11 is 4.69. The molecule has 6 nitrogen and oxygen atoms in total. The van der Waals surface area contributed by atoms with Crippen LogP contribution >= 0.6 is 27.7 Å². The summed E-state index contributed by atoms with van der Waals surface area (Å²) in [5.41, 5.74) is 5.05. The van der Waals surface area contributed by atoms with Crippen molar-refractivity contribution < 1.29 is 9.53 Å². The van der Waals surface area contributed by atoms with Crippen LogP contribution in [0.4, 0.5) is 0 Å². The number of aromatic nitrogens is 2. The third-order valence-corrected chi connectivity index (χ3v) is 4.64. The van der Waals surface area contributed by atoms with E-state index >= 15 is 0 Å². The number of carbonyl (C=O) groups is 1. The Bertz CT molecular complexity index is 778. The molecule has 1 atom stereocenters. The van der Waals surface area contributed by atoms with Crippen LogP contribution in [0.1, 0.15) is 23.9 Å². The molecule has 1 heterocycles. The van der Waals surface area contributed by atoms with Gasteiger partial charge >= 0.3 is 0 Å². The lowest BCUT2D eigenvalue weighted by atomic mass is 10.2. The van der Waals surface area contributed by atoms with Gasteiger partial charge in [-0.05, 0) is 45.0 Å². The zero-order valence-electron chi connectivity index (χ0n) is 14.4. The summed E-state index contributed by atoms with van der Waals surface area (Å²) in [7, 11) is 1.59. The topological polar surface area (TPSA) is 76.5 Å². The van der Waals surface area contributed by atoms with Crippen molar-refractivity contribution in [2.75, 3.05) is 7.11 Å². The van der Waals surface area contributed by atoms with Gasteiger partial charge in [-0.3, -0.25) is 4.79 Å². The Morgan fingerprint density at radius 3 is 2.64 bits per heavy atom. The third kappa shape index (κ3) is 5.82. The molecule has 25 heavy (non-hydrogen) atoms. The van der Waals surface area contributed by atoms with Gasteiger partial charge in [0, 0.05) is 21.4 Å². The molecule has 0 spiro atoms. The quantitative estimate of drug-likeness (QED) is 0.333. The summed E-state index contributed by atoms with van der Waals surface area (Å²) in [5.74, 6) is 0.449. The fourth-order valence-electron chi connectivity index (χ4n) is 2.02. The average molecular weight is 423 g/mol. The number of carbonyl (C=O) groups excluding carboxylic acids is 1. The third-order valence-electron chi connectivity index (χ3n) is 3.18. The van der Waals surface area contributed by atoms with E-state index in [-0.39, 0.29) is 11.2 Å². The maximum atomic E-state index is 12.2. The van der Waals surface area contributed by atoms with Crippen LogP contribution in [0.3, 0.4) is 0 Å². The van der Waals surface area contributed by atoms with E-state index in [9.17, 15) is 4.79 Å². The Kier molecular flexibility index (Phi) is 6.95. The number of benzene rings is 1. The highest BCUT2D eigenvalue weighted by atomic mass is 79.9. The fourth-order valence-corrected chi connectivity index (χ4v) is 3.27. The zero-order chi connectivity index (χ0) is 18.4. The molecule has 1 aromatic heterocycles. The molecule has 132 valence electrons. The normalized spacial score (nSPS) is 12.2. The second-order valence-electron chi connectivity index (χ2n) is 5.31. The van der Waals surface area contributed by atoms with Crippen LogP contribution in [0.5, 0.6) is 5.75 Å². The van der Waals surface area contributed by atoms with Crippen LogP contribution in [0, 0.1) is 13.8 Å². The van der Waals surface area contributed by atoms with E-state index in [0.29, 0.717) is 10.9 Å². The van der Waals surface area contributed by atoms with Gasteiger partial charge < -0.3 is 4.74 Å². The lowest BCUT2D eigenvalue weighted by molar-refractivity contribution is -0.120. The molecule has 1 amide bonds. The number of ether oxygens (including phenoxy) is 1. The van der Waals surface area contributed by atoms with Crippen molar-refractivity contribution in [3.63, 3.8) is 0 Å². The van der Waals surface area contributed by atoms with Crippen LogP contribution in [-0.4, -0.2) is 34.4 Å². The zero-order valence-corrected chi connectivity index (χ0v) is 16.8.